The van der Waals surface area contributed by atoms with E-state index in [1.807, 2.05) is 0 Å². The van der Waals surface area contributed by atoms with Gasteiger partial charge in [0, 0.05) is 17.7 Å². The summed E-state index contributed by atoms with van der Waals surface area (Å²) in [5.74, 6) is -1.85. The molecule has 2 aliphatic rings. The molecule has 0 spiro atoms. The van der Waals surface area contributed by atoms with E-state index in [0.717, 1.165) is 6.07 Å². The van der Waals surface area contributed by atoms with Gasteiger partial charge in [-0.15, -0.1) is 0 Å². The molecule has 27 heavy (non-hydrogen) atoms. The van der Waals surface area contributed by atoms with Crippen LogP contribution in [0.5, 0.6) is 0 Å². The van der Waals surface area contributed by atoms with E-state index in [9.17, 15) is 18.8 Å². The summed E-state index contributed by atoms with van der Waals surface area (Å²) in [6.45, 7) is 0. The number of rotatable bonds is 3. The first-order valence-electron chi connectivity index (χ1n) is 8.32. The summed E-state index contributed by atoms with van der Waals surface area (Å²) in [6, 6.07) is 9.76. The lowest BCUT2D eigenvalue weighted by molar-refractivity contribution is -0.144. The minimum absolute atomic E-state index is 0.120. The Morgan fingerprint density at radius 3 is 2.78 bits per heavy atom. The highest BCUT2D eigenvalue weighted by Crippen LogP contribution is 2.38. The predicted molar refractivity (Wildman–Crippen MR) is 94.5 cm³/mol. The first kappa shape index (κ1) is 17.5. The molecule has 6 nitrogen and oxygen atoms in total. The van der Waals surface area contributed by atoms with Crippen molar-refractivity contribution in [2.75, 3.05) is 5.32 Å². The molecule has 1 fully saturated rings. The Morgan fingerprint density at radius 1 is 1.22 bits per heavy atom. The number of hydrogen-bond acceptors (Lipinski definition) is 4. The van der Waals surface area contributed by atoms with E-state index in [4.69, 9.17) is 16.3 Å². The zero-order chi connectivity index (χ0) is 19.1. The molecule has 4 rings (SSSR count). The molecule has 138 valence electrons. The predicted octanol–water partition coefficient (Wildman–Crippen LogP) is 3.28. The second-order valence-corrected chi connectivity index (χ2v) is 6.73. The van der Waals surface area contributed by atoms with Crippen LogP contribution in [0.3, 0.4) is 0 Å². The average molecular weight is 389 g/mol. The third-order valence-corrected chi connectivity index (χ3v) is 4.95. The maximum atomic E-state index is 13.3. The van der Waals surface area contributed by atoms with Crippen molar-refractivity contribution in [2.45, 2.75) is 25.1 Å². The van der Waals surface area contributed by atoms with Gasteiger partial charge in [-0.3, -0.25) is 14.5 Å². The fourth-order valence-corrected chi connectivity index (χ4v) is 3.57. The molecule has 0 unspecified atom stereocenters. The number of benzene rings is 2. The topological polar surface area (TPSA) is 75.7 Å². The van der Waals surface area contributed by atoms with Crippen molar-refractivity contribution in [2.24, 2.45) is 0 Å². The first-order valence-corrected chi connectivity index (χ1v) is 8.70. The molecule has 1 N–H and O–H groups in total. The molecular formula is C19H14ClFN2O4. The van der Waals surface area contributed by atoms with Crippen LogP contribution in [0.1, 0.15) is 35.0 Å². The van der Waals surface area contributed by atoms with Gasteiger partial charge in [-0.1, -0.05) is 29.8 Å². The van der Waals surface area contributed by atoms with E-state index in [2.05, 4.69) is 5.32 Å². The van der Waals surface area contributed by atoms with Crippen molar-refractivity contribution in [1.82, 2.24) is 4.90 Å². The summed E-state index contributed by atoms with van der Waals surface area (Å²) in [6.07, 6.45) is -0.481. The van der Waals surface area contributed by atoms with Crippen LogP contribution >= 0.6 is 11.6 Å². The molecule has 0 saturated carbocycles. The second kappa shape index (κ2) is 6.66. The second-order valence-electron chi connectivity index (χ2n) is 6.32. The highest BCUT2D eigenvalue weighted by atomic mass is 35.5. The molecule has 1 saturated heterocycles. The molecule has 2 heterocycles. The van der Waals surface area contributed by atoms with E-state index >= 15 is 0 Å². The van der Waals surface area contributed by atoms with Crippen molar-refractivity contribution < 1.29 is 23.5 Å². The number of fused-ring (bicyclic) bond motifs is 1. The van der Waals surface area contributed by atoms with Gasteiger partial charge in [-0.2, -0.15) is 0 Å². The number of halogens is 2. The van der Waals surface area contributed by atoms with Crippen LogP contribution in [-0.2, 0) is 14.3 Å². The van der Waals surface area contributed by atoms with Gasteiger partial charge in [0.15, 0.2) is 0 Å². The number of nitrogens with zero attached hydrogens (tertiary/aromatic N) is 1. The lowest BCUT2D eigenvalue weighted by Crippen LogP contribution is -2.43. The van der Waals surface area contributed by atoms with E-state index in [1.165, 1.54) is 17.0 Å². The number of nitrogens with one attached hydrogen (secondary N) is 1. The van der Waals surface area contributed by atoms with Gasteiger partial charge < -0.3 is 10.1 Å². The Balaban J connectivity index is 1.59. The van der Waals surface area contributed by atoms with E-state index < -0.39 is 30.0 Å². The number of esters is 1. The highest BCUT2D eigenvalue weighted by Gasteiger charge is 2.46. The maximum absolute atomic E-state index is 13.3. The zero-order valence-corrected chi connectivity index (χ0v) is 14.7. The maximum Gasteiger partial charge on any atom is 0.340 e. The van der Waals surface area contributed by atoms with Gasteiger partial charge in [-0.25, -0.2) is 9.18 Å². The summed E-state index contributed by atoms with van der Waals surface area (Å²) in [7, 11) is 0. The number of amides is 2. The fraction of sp³-hybridized carbons (Fsp3) is 0.211. The number of ether oxygens (including phenoxy) is 1. The van der Waals surface area contributed by atoms with Gasteiger partial charge in [-0.05, 0) is 30.7 Å². The highest BCUT2D eigenvalue weighted by molar-refractivity contribution is 6.31. The fourth-order valence-electron chi connectivity index (χ4n) is 3.39. The van der Waals surface area contributed by atoms with Crippen LogP contribution in [0.2, 0.25) is 5.02 Å². The monoisotopic (exact) mass is 388 g/mol. The van der Waals surface area contributed by atoms with E-state index in [1.54, 1.807) is 24.3 Å². The molecular weight excluding hydrogens is 375 g/mol. The largest absolute Gasteiger partial charge is 0.433 e. The molecule has 2 aromatic rings. The standard InChI is InChI=1S/C19H14ClFN2O4/c20-13-9-10(5-6-14(13)21)22-17(25)15-7-8-16(24)23(15)18-11-3-1-2-4-12(11)19(26)27-18/h1-6,9,15,18H,7-8H2,(H,22,25)/t15-,18+/m1/s1. The average Bonchev–Trinajstić information content (AvgIpc) is 3.19. The van der Waals surface area contributed by atoms with E-state index in [-0.39, 0.29) is 23.8 Å². The van der Waals surface area contributed by atoms with Crippen molar-refractivity contribution in [3.8, 4) is 0 Å². The minimum atomic E-state index is -0.934. The van der Waals surface area contributed by atoms with Gasteiger partial charge >= 0.3 is 5.97 Å². The molecule has 2 aromatic carbocycles. The number of anilines is 1. The lowest BCUT2D eigenvalue weighted by atomic mass is 10.1. The zero-order valence-electron chi connectivity index (χ0n) is 13.9. The number of carbonyl (C=O) groups excluding carboxylic acids is 3. The van der Waals surface area contributed by atoms with Crippen LogP contribution in [-0.4, -0.2) is 28.7 Å². The molecule has 0 aromatic heterocycles. The summed E-state index contributed by atoms with van der Waals surface area (Å²) in [5, 5.41) is 2.52. The van der Waals surface area contributed by atoms with Gasteiger partial charge in [0.05, 0.1) is 10.6 Å². The molecule has 2 atom stereocenters. The van der Waals surface area contributed by atoms with Crippen LogP contribution in [0, 0.1) is 5.82 Å². The Labute approximate surface area is 158 Å². The molecule has 8 heteroatoms. The van der Waals surface area contributed by atoms with Crippen LogP contribution in [0.25, 0.3) is 0 Å². The normalized spacial score (nSPS) is 21.2. The smallest absolute Gasteiger partial charge is 0.340 e. The van der Waals surface area contributed by atoms with Crippen LogP contribution in [0.4, 0.5) is 10.1 Å². The summed E-state index contributed by atoms with van der Waals surface area (Å²) >= 11 is 5.74. The Hall–Kier alpha value is -2.93. The van der Waals surface area contributed by atoms with Crippen molar-refractivity contribution >= 4 is 35.1 Å². The number of likely N-dealkylation sites (tertiary alicyclic amines) is 1. The first-order chi connectivity index (χ1) is 13.0. The molecule has 2 aliphatic heterocycles. The van der Waals surface area contributed by atoms with Crippen LogP contribution < -0.4 is 5.32 Å². The van der Waals surface area contributed by atoms with Crippen LogP contribution in [0.15, 0.2) is 42.5 Å². The quantitative estimate of drug-likeness (QED) is 0.819. The number of carbonyl (C=O) groups is 3. The van der Waals surface area contributed by atoms with Crippen molar-refractivity contribution in [3.63, 3.8) is 0 Å². The number of hydrogen-bond donors (Lipinski definition) is 1. The Morgan fingerprint density at radius 2 is 2.00 bits per heavy atom. The van der Waals surface area contributed by atoms with Crippen molar-refractivity contribution in [3.05, 3.63) is 64.4 Å². The molecule has 0 radical (unpaired) electrons. The Bertz CT molecular complexity index is 964. The number of cyclic esters (lactones) is 1. The SMILES string of the molecule is O=C1O[C@H](N2C(=O)CC[C@@H]2C(=O)Nc2ccc(F)c(Cl)c2)c2ccccc21. The molecule has 0 aliphatic carbocycles. The summed E-state index contributed by atoms with van der Waals surface area (Å²) in [4.78, 5) is 38.5. The van der Waals surface area contributed by atoms with E-state index in [0.29, 0.717) is 16.8 Å². The molecule has 2 amide bonds. The summed E-state index contributed by atoms with van der Waals surface area (Å²) < 4.78 is 18.7. The Kier molecular flexibility index (Phi) is 4.31. The van der Waals surface area contributed by atoms with Crippen molar-refractivity contribution in [1.29, 1.82) is 0 Å². The van der Waals surface area contributed by atoms with Gasteiger partial charge in [0.1, 0.15) is 11.9 Å². The molecule has 0 bridgehead atoms. The van der Waals surface area contributed by atoms with Gasteiger partial charge in [0.25, 0.3) is 0 Å². The van der Waals surface area contributed by atoms with Gasteiger partial charge in [0.2, 0.25) is 18.0 Å². The third-order valence-electron chi connectivity index (χ3n) is 4.66. The minimum Gasteiger partial charge on any atom is -0.433 e. The summed E-state index contributed by atoms with van der Waals surface area (Å²) in [5.41, 5.74) is 1.25. The third kappa shape index (κ3) is 3.04. The lowest BCUT2D eigenvalue weighted by Gasteiger charge is -2.29.